The maximum absolute atomic E-state index is 11.8. The van der Waals surface area contributed by atoms with Crippen molar-refractivity contribution in [1.82, 2.24) is 15.2 Å². The molecule has 0 bridgehead atoms. The van der Waals surface area contributed by atoms with E-state index in [-0.39, 0.29) is 18.3 Å². The number of carbonyl (C=O) groups is 1. The minimum Gasteiger partial charge on any atom is -0.340 e. The zero-order valence-electron chi connectivity index (χ0n) is 9.06. The first-order valence-corrected chi connectivity index (χ1v) is 5.23. The third-order valence-corrected chi connectivity index (χ3v) is 2.55. The van der Waals surface area contributed by atoms with E-state index in [1.807, 2.05) is 17.0 Å². The van der Waals surface area contributed by atoms with Gasteiger partial charge in [0.2, 0.25) is 5.91 Å². The first-order valence-electron chi connectivity index (χ1n) is 5.23. The lowest BCUT2D eigenvalue weighted by molar-refractivity contribution is -0.131. The zero-order chi connectivity index (χ0) is 10.5. The largest absolute Gasteiger partial charge is 0.340 e. The summed E-state index contributed by atoms with van der Waals surface area (Å²) in [6, 6.07) is 3.80. The molecular formula is C11H16ClN3O. The molecule has 1 saturated heterocycles. The van der Waals surface area contributed by atoms with Gasteiger partial charge in [0.15, 0.2) is 0 Å². The molecule has 0 aromatic carbocycles. The second-order valence-corrected chi connectivity index (χ2v) is 3.67. The molecule has 0 atom stereocenters. The van der Waals surface area contributed by atoms with Crippen LogP contribution in [0.15, 0.2) is 24.5 Å². The van der Waals surface area contributed by atoms with Gasteiger partial charge in [-0.05, 0) is 11.6 Å². The van der Waals surface area contributed by atoms with E-state index >= 15 is 0 Å². The SMILES string of the molecule is Cl.O=C(Cc1cccnc1)N1CCNCC1. The summed E-state index contributed by atoms with van der Waals surface area (Å²) in [7, 11) is 0. The molecule has 1 N–H and O–H groups in total. The van der Waals surface area contributed by atoms with Gasteiger partial charge in [0.25, 0.3) is 0 Å². The number of amides is 1. The quantitative estimate of drug-likeness (QED) is 0.819. The lowest BCUT2D eigenvalue weighted by Gasteiger charge is -2.27. The highest BCUT2D eigenvalue weighted by Crippen LogP contribution is 2.02. The van der Waals surface area contributed by atoms with Crippen LogP contribution in [0.25, 0.3) is 0 Å². The Morgan fingerprint density at radius 3 is 2.81 bits per heavy atom. The van der Waals surface area contributed by atoms with Gasteiger partial charge in [0.05, 0.1) is 6.42 Å². The maximum atomic E-state index is 11.8. The lowest BCUT2D eigenvalue weighted by atomic mass is 10.2. The van der Waals surface area contributed by atoms with Crippen LogP contribution in [0, 0.1) is 0 Å². The number of hydrogen-bond acceptors (Lipinski definition) is 3. The van der Waals surface area contributed by atoms with Gasteiger partial charge in [-0.2, -0.15) is 0 Å². The van der Waals surface area contributed by atoms with Crippen molar-refractivity contribution in [3.63, 3.8) is 0 Å². The number of halogens is 1. The van der Waals surface area contributed by atoms with Crippen molar-refractivity contribution >= 4 is 18.3 Å². The van der Waals surface area contributed by atoms with Gasteiger partial charge in [0.1, 0.15) is 0 Å². The van der Waals surface area contributed by atoms with Gasteiger partial charge in [-0.1, -0.05) is 6.07 Å². The molecule has 88 valence electrons. The summed E-state index contributed by atoms with van der Waals surface area (Å²) in [6.07, 6.45) is 3.94. The highest BCUT2D eigenvalue weighted by Gasteiger charge is 2.15. The van der Waals surface area contributed by atoms with Gasteiger partial charge < -0.3 is 10.2 Å². The minimum atomic E-state index is 0. The number of rotatable bonds is 2. The Labute approximate surface area is 101 Å². The van der Waals surface area contributed by atoms with Crippen molar-refractivity contribution in [3.8, 4) is 0 Å². The molecule has 1 aromatic heterocycles. The summed E-state index contributed by atoms with van der Waals surface area (Å²) in [6.45, 7) is 3.44. The average molecular weight is 242 g/mol. The molecule has 16 heavy (non-hydrogen) atoms. The van der Waals surface area contributed by atoms with Crippen LogP contribution in [-0.4, -0.2) is 42.0 Å². The number of nitrogens with one attached hydrogen (secondary N) is 1. The van der Waals surface area contributed by atoms with Crippen molar-refractivity contribution in [2.45, 2.75) is 6.42 Å². The number of hydrogen-bond donors (Lipinski definition) is 1. The molecule has 1 fully saturated rings. The average Bonchev–Trinajstić information content (AvgIpc) is 2.31. The second-order valence-electron chi connectivity index (χ2n) is 3.67. The van der Waals surface area contributed by atoms with E-state index in [1.54, 1.807) is 12.4 Å². The molecule has 1 aliphatic rings. The smallest absolute Gasteiger partial charge is 0.227 e. The van der Waals surface area contributed by atoms with E-state index in [1.165, 1.54) is 0 Å². The van der Waals surface area contributed by atoms with E-state index in [2.05, 4.69) is 10.3 Å². The highest BCUT2D eigenvalue weighted by molar-refractivity contribution is 5.85. The van der Waals surface area contributed by atoms with E-state index in [9.17, 15) is 4.79 Å². The van der Waals surface area contributed by atoms with Gasteiger partial charge in [-0.25, -0.2) is 0 Å². The van der Waals surface area contributed by atoms with Crippen LogP contribution in [0.1, 0.15) is 5.56 Å². The molecule has 1 aliphatic heterocycles. The molecule has 5 heteroatoms. The molecular weight excluding hydrogens is 226 g/mol. The van der Waals surface area contributed by atoms with Crippen LogP contribution < -0.4 is 5.32 Å². The van der Waals surface area contributed by atoms with Crippen LogP contribution in [0.5, 0.6) is 0 Å². The standard InChI is InChI=1S/C11H15N3O.ClH/c15-11(14-6-4-12-5-7-14)8-10-2-1-3-13-9-10;/h1-3,9,12H,4-8H2;1H. The van der Waals surface area contributed by atoms with Crippen molar-refractivity contribution in [3.05, 3.63) is 30.1 Å². The van der Waals surface area contributed by atoms with Crippen LogP contribution in [0.2, 0.25) is 0 Å². The normalized spacial score (nSPS) is 15.4. The Balaban J connectivity index is 0.00000128. The van der Waals surface area contributed by atoms with Crippen molar-refractivity contribution in [1.29, 1.82) is 0 Å². The third kappa shape index (κ3) is 3.47. The van der Waals surface area contributed by atoms with E-state index in [4.69, 9.17) is 0 Å². The summed E-state index contributed by atoms with van der Waals surface area (Å²) >= 11 is 0. The third-order valence-electron chi connectivity index (χ3n) is 2.55. The molecule has 0 spiro atoms. The highest BCUT2D eigenvalue weighted by atomic mass is 35.5. The Hall–Kier alpha value is -1.13. The summed E-state index contributed by atoms with van der Waals surface area (Å²) in [5.74, 6) is 0.199. The predicted octanol–water partition coefficient (Wildman–Crippen LogP) is 0.478. The Morgan fingerprint density at radius 2 is 2.19 bits per heavy atom. The molecule has 1 amide bonds. The van der Waals surface area contributed by atoms with Crippen LogP contribution in [0.4, 0.5) is 0 Å². The first-order chi connectivity index (χ1) is 7.36. The van der Waals surface area contributed by atoms with E-state index < -0.39 is 0 Å². The summed E-state index contributed by atoms with van der Waals surface area (Å²) in [5, 5.41) is 3.23. The fourth-order valence-corrected chi connectivity index (χ4v) is 1.70. The second kappa shape index (κ2) is 6.45. The molecule has 0 radical (unpaired) electrons. The van der Waals surface area contributed by atoms with Crippen molar-refractivity contribution in [2.24, 2.45) is 0 Å². The van der Waals surface area contributed by atoms with Gasteiger partial charge in [-0.3, -0.25) is 9.78 Å². The summed E-state index contributed by atoms with van der Waals surface area (Å²) in [5.41, 5.74) is 0.987. The van der Waals surface area contributed by atoms with Crippen LogP contribution in [-0.2, 0) is 11.2 Å². The van der Waals surface area contributed by atoms with Crippen LogP contribution >= 0.6 is 12.4 Å². The number of aromatic nitrogens is 1. The maximum Gasteiger partial charge on any atom is 0.227 e. The minimum absolute atomic E-state index is 0. The Bertz CT molecular complexity index is 325. The van der Waals surface area contributed by atoms with E-state index in [0.717, 1.165) is 31.7 Å². The summed E-state index contributed by atoms with van der Waals surface area (Å²) < 4.78 is 0. The molecule has 0 saturated carbocycles. The monoisotopic (exact) mass is 241 g/mol. The Kier molecular flexibility index (Phi) is 5.22. The van der Waals surface area contributed by atoms with Crippen molar-refractivity contribution < 1.29 is 4.79 Å². The molecule has 0 aliphatic carbocycles. The molecule has 1 aromatic rings. The zero-order valence-corrected chi connectivity index (χ0v) is 9.87. The van der Waals surface area contributed by atoms with Crippen LogP contribution in [0.3, 0.4) is 0 Å². The Morgan fingerprint density at radius 1 is 1.44 bits per heavy atom. The number of carbonyl (C=O) groups excluding carboxylic acids is 1. The lowest BCUT2D eigenvalue weighted by Crippen LogP contribution is -2.46. The number of nitrogens with zero attached hydrogens (tertiary/aromatic N) is 2. The number of piperazine rings is 1. The molecule has 2 heterocycles. The van der Waals surface area contributed by atoms with Crippen molar-refractivity contribution in [2.75, 3.05) is 26.2 Å². The molecule has 0 unspecified atom stereocenters. The topological polar surface area (TPSA) is 45.2 Å². The molecule has 4 nitrogen and oxygen atoms in total. The first kappa shape index (κ1) is 12.9. The van der Waals surface area contributed by atoms with E-state index in [0.29, 0.717) is 6.42 Å². The van der Waals surface area contributed by atoms with Gasteiger partial charge in [-0.15, -0.1) is 12.4 Å². The number of pyridine rings is 1. The fourth-order valence-electron chi connectivity index (χ4n) is 1.70. The van der Waals surface area contributed by atoms with Gasteiger partial charge >= 0.3 is 0 Å². The van der Waals surface area contributed by atoms with Gasteiger partial charge in [0, 0.05) is 38.6 Å². The summed E-state index contributed by atoms with van der Waals surface area (Å²) in [4.78, 5) is 17.7. The fraction of sp³-hybridized carbons (Fsp3) is 0.455. The predicted molar refractivity (Wildman–Crippen MR) is 64.6 cm³/mol. The molecule has 2 rings (SSSR count).